The van der Waals surface area contributed by atoms with Crippen LogP contribution in [-0.2, 0) is 0 Å². The summed E-state index contributed by atoms with van der Waals surface area (Å²) in [6, 6.07) is 4.19. The lowest BCUT2D eigenvalue weighted by Crippen LogP contribution is -2.40. The van der Waals surface area contributed by atoms with Crippen LogP contribution in [0.2, 0.25) is 5.15 Å². The van der Waals surface area contributed by atoms with Crippen LogP contribution in [0.4, 0.5) is 5.82 Å². The molecule has 18 heavy (non-hydrogen) atoms. The highest BCUT2D eigenvalue weighted by Gasteiger charge is 2.20. The van der Waals surface area contributed by atoms with Gasteiger partial charge in [-0.25, -0.2) is 0 Å². The fourth-order valence-electron chi connectivity index (χ4n) is 2.37. The molecular weight excluding hydrogens is 248 g/mol. The molecule has 4 nitrogen and oxygen atoms in total. The second-order valence-electron chi connectivity index (χ2n) is 5.15. The number of hydrogen-bond acceptors (Lipinski definition) is 4. The summed E-state index contributed by atoms with van der Waals surface area (Å²) < 4.78 is 0. The number of hydrogen-bond donors (Lipinski definition) is 1. The molecule has 0 spiro atoms. The van der Waals surface area contributed by atoms with Gasteiger partial charge in [0, 0.05) is 12.6 Å². The van der Waals surface area contributed by atoms with Crippen LogP contribution < -0.4 is 10.2 Å². The minimum absolute atomic E-state index is 0.426. The van der Waals surface area contributed by atoms with Crippen LogP contribution in [0.25, 0.3) is 0 Å². The number of anilines is 1. The molecule has 1 aliphatic heterocycles. The van der Waals surface area contributed by atoms with Gasteiger partial charge in [-0.1, -0.05) is 11.6 Å². The fraction of sp³-hybridized carbons (Fsp3) is 0.692. The van der Waals surface area contributed by atoms with Crippen molar-refractivity contribution in [2.45, 2.75) is 32.7 Å². The summed E-state index contributed by atoms with van der Waals surface area (Å²) >= 11 is 5.79. The van der Waals surface area contributed by atoms with Crippen molar-refractivity contribution in [3.8, 4) is 0 Å². The molecule has 2 rings (SSSR count). The zero-order chi connectivity index (χ0) is 13.0. The van der Waals surface area contributed by atoms with Crippen LogP contribution in [0.1, 0.15) is 26.7 Å². The van der Waals surface area contributed by atoms with Gasteiger partial charge in [-0.15, -0.1) is 10.2 Å². The van der Waals surface area contributed by atoms with Crippen molar-refractivity contribution in [1.29, 1.82) is 0 Å². The molecule has 100 valence electrons. The number of nitrogens with zero attached hydrogens (tertiary/aromatic N) is 3. The summed E-state index contributed by atoms with van der Waals surface area (Å²) in [5.74, 6) is 1.67. The first-order chi connectivity index (χ1) is 8.66. The monoisotopic (exact) mass is 268 g/mol. The molecule has 5 heteroatoms. The Morgan fingerprint density at radius 1 is 1.33 bits per heavy atom. The lowest BCUT2D eigenvalue weighted by molar-refractivity contribution is 0.366. The van der Waals surface area contributed by atoms with E-state index >= 15 is 0 Å². The van der Waals surface area contributed by atoms with Crippen molar-refractivity contribution in [2.75, 3.05) is 24.5 Å². The molecule has 0 radical (unpaired) electrons. The number of rotatable bonds is 4. The van der Waals surface area contributed by atoms with E-state index in [1.807, 2.05) is 12.1 Å². The first-order valence-corrected chi connectivity index (χ1v) is 7.01. The molecule has 0 bridgehead atoms. The average molecular weight is 269 g/mol. The Morgan fingerprint density at radius 3 is 2.61 bits per heavy atom. The third kappa shape index (κ3) is 3.56. The van der Waals surface area contributed by atoms with E-state index in [0.717, 1.165) is 31.4 Å². The quantitative estimate of drug-likeness (QED) is 0.910. The molecule has 0 aromatic carbocycles. The van der Waals surface area contributed by atoms with Gasteiger partial charge in [0.2, 0.25) is 0 Å². The topological polar surface area (TPSA) is 41.0 Å². The third-order valence-electron chi connectivity index (χ3n) is 3.45. The zero-order valence-electron chi connectivity index (χ0n) is 11.1. The normalized spacial score (nSPS) is 17.1. The number of piperidine rings is 1. The highest BCUT2D eigenvalue weighted by molar-refractivity contribution is 6.29. The smallest absolute Gasteiger partial charge is 0.151 e. The summed E-state index contributed by atoms with van der Waals surface area (Å²) in [6.07, 6.45) is 2.48. The maximum atomic E-state index is 5.79. The highest BCUT2D eigenvalue weighted by atomic mass is 35.5. The Morgan fingerprint density at radius 2 is 2.06 bits per heavy atom. The van der Waals surface area contributed by atoms with Crippen molar-refractivity contribution in [1.82, 2.24) is 15.5 Å². The van der Waals surface area contributed by atoms with Gasteiger partial charge in [0.05, 0.1) is 0 Å². The summed E-state index contributed by atoms with van der Waals surface area (Å²) in [4.78, 5) is 2.32. The predicted molar refractivity (Wildman–Crippen MR) is 75.1 cm³/mol. The van der Waals surface area contributed by atoms with E-state index in [4.69, 9.17) is 11.6 Å². The van der Waals surface area contributed by atoms with Crippen LogP contribution >= 0.6 is 11.6 Å². The third-order valence-corrected chi connectivity index (χ3v) is 3.65. The maximum absolute atomic E-state index is 5.79. The molecule has 0 saturated carbocycles. The molecule has 2 heterocycles. The first kappa shape index (κ1) is 13.6. The lowest BCUT2D eigenvalue weighted by Gasteiger charge is -2.33. The SMILES string of the molecule is CC(C)N(CC1CCNCC1)c1ccc(Cl)nn1. The molecule has 0 aliphatic carbocycles. The van der Waals surface area contributed by atoms with E-state index in [1.54, 1.807) is 0 Å². The van der Waals surface area contributed by atoms with E-state index in [-0.39, 0.29) is 0 Å². The number of halogens is 1. The standard InChI is InChI=1S/C13H21ClN4/c1-10(2)18(9-11-5-7-15-8-6-11)13-4-3-12(14)16-17-13/h3-4,10-11,15H,5-9H2,1-2H3. The van der Waals surface area contributed by atoms with Crippen molar-refractivity contribution in [3.63, 3.8) is 0 Å². The first-order valence-electron chi connectivity index (χ1n) is 6.63. The van der Waals surface area contributed by atoms with Crippen molar-refractivity contribution >= 4 is 17.4 Å². The second kappa shape index (κ2) is 6.34. The molecule has 1 aliphatic rings. The molecular formula is C13H21ClN4. The van der Waals surface area contributed by atoms with Gasteiger partial charge in [-0.2, -0.15) is 0 Å². The molecule has 0 atom stereocenters. The van der Waals surface area contributed by atoms with Crippen molar-refractivity contribution in [2.24, 2.45) is 5.92 Å². The molecule has 1 N–H and O–H groups in total. The summed E-state index contributed by atoms with van der Waals surface area (Å²) in [7, 11) is 0. The summed E-state index contributed by atoms with van der Waals surface area (Å²) in [6.45, 7) is 7.69. The molecule has 1 fully saturated rings. The van der Waals surface area contributed by atoms with Crippen molar-refractivity contribution < 1.29 is 0 Å². The Bertz CT molecular complexity index is 360. The Kier molecular flexibility index (Phi) is 4.78. The van der Waals surface area contributed by atoms with Crippen LogP contribution in [-0.4, -0.2) is 35.9 Å². The Balaban J connectivity index is 2.05. The highest BCUT2D eigenvalue weighted by Crippen LogP contribution is 2.20. The summed E-state index contributed by atoms with van der Waals surface area (Å²) in [5, 5.41) is 12.0. The van der Waals surface area contributed by atoms with Gasteiger partial charge in [0.25, 0.3) is 0 Å². The van der Waals surface area contributed by atoms with Crippen LogP contribution in [0, 0.1) is 5.92 Å². The number of nitrogens with one attached hydrogen (secondary N) is 1. The average Bonchev–Trinajstić information content (AvgIpc) is 2.38. The van der Waals surface area contributed by atoms with E-state index in [0.29, 0.717) is 11.2 Å². The predicted octanol–water partition coefficient (Wildman–Crippen LogP) is 2.34. The van der Waals surface area contributed by atoms with Gasteiger partial charge in [-0.3, -0.25) is 0 Å². The van der Waals surface area contributed by atoms with E-state index < -0.39 is 0 Å². The largest absolute Gasteiger partial charge is 0.352 e. The van der Waals surface area contributed by atoms with Crippen molar-refractivity contribution in [3.05, 3.63) is 17.3 Å². The van der Waals surface area contributed by atoms with Crippen LogP contribution in [0.3, 0.4) is 0 Å². The Hall–Kier alpha value is -0.870. The van der Waals surface area contributed by atoms with E-state index in [2.05, 4.69) is 34.3 Å². The summed E-state index contributed by atoms with van der Waals surface area (Å²) in [5.41, 5.74) is 0. The van der Waals surface area contributed by atoms with Gasteiger partial charge in [0.1, 0.15) is 0 Å². The number of aromatic nitrogens is 2. The molecule has 1 saturated heterocycles. The van der Waals surface area contributed by atoms with Gasteiger partial charge < -0.3 is 10.2 Å². The Labute approximate surface area is 114 Å². The van der Waals surface area contributed by atoms with E-state index in [9.17, 15) is 0 Å². The molecule has 1 aromatic heterocycles. The zero-order valence-corrected chi connectivity index (χ0v) is 11.8. The van der Waals surface area contributed by atoms with Gasteiger partial charge in [0.15, 0.2) is 11.0 Å². The van der Waals surface area contributed by atoms with Gasteiger partial charge >= 0.3 is 0 Å². The minimum Gasteiger partial charge on any atom is -0.352 e. The maximum Gasteiger partial charge on any atom is 0.151 e. The molecule has 1 aromatic rings. The van der Waals surface area contributed by atoms with Gasteiger partial charge in [-0.05, 0) is 57.8 Å². The van der Waals surface area contributed by atoms with Crippen LogP contribution in [0.15, 0.2) is 12.1 Å². The van der Waals surface area contributed by atoms with E-state index in [1.165, 1.54) is 12.8 Å². The lowest BCUT2D eigenvalue weighted by atomic mass is 9.97. The second-order valence-corrected chi connectivity index (χ2v) is 5.54. The fourth-order valence-corrected chi connectivity index (χ4v) is 2.47. The molecule has 0 amide bonds. The minimum atomic E-state index is 0.426. The van der Waals surface area contributed by atoms with Crippen LogP contribution in [0.5, 0.6) is 0 Å². The molecule has 0 unspecified atom stereocenters.